The first kappa shape index (κ1) is 23.0. The van der Waals surface area contributed by atoms with Gasteiger partial charge in [-0.05, 0) is 24.3 Å². The summed E-state index contributed by atoms with van der Waals surface area (Å²) in [7, 11) is 0. The van der Waals surface area contributed by atoms with E-state index in [1.165, 1.54) is 0 Å². The number of amides is 1. The predicted octanol–water partition coefficient (Wildman–Crippen LogP) is 3.94. The van der Waals surface area contributed by atoms with Crippen LogP contribution in [0.4, 0.5) is 14.5 Å². The summed E-state index contributed by atoms with van der Waals surface area (Å²) in [5, 5.41) is 3.82. The molecule has 0 aliphatic carbocycles. The average molecular weight is 458 g/mol. The van der Waals surface area contributed by atoms with Crippen LogP contribution in [-0.2, 0) is 17.9 Å². The van der Waals surface area contributed by atoms with Crippen molar-refractivity contribution >= 4 is 40.7 Å². The third-order valence-electron chi connectivity index (χ3n) is 4.81. The quantitative estimate of drug-likeness (QED) is 0.337. The van der Waals surface area contributed by atoms with E-state index in [-0.39, 0.29) is 36.8 Å². The van der Waals surface area contributed by atoms with Gasteiger partial charge in [0.25, 0.3) is 0 Å². The number of nitrogens with zero attached hydrogens (tertiary/aromatic N) is 3. The Balaban J connectivity index is 0.00000289. The second-order valence-electron chi connectivity index (χ2n) is 7.05. The van der Waals surface area contributed by atoms with Crippen LogP contribution in [0.1, 0.15) is 16.8 Å². The largest absolute Gasteiger partial charge is 0.324 e. The standard InChI is InChI=1S/C23H18F2N4O2.ClH/c24-17-6-7-18(19(25)13-17)21(30)14-29-12-11-28(15-29)10-8-22(31)27-20-5-1-3-16-4-2-9-26-23(16)20;/h1-7,9,11-13,15H,8,10,14H2;1H/p+1. The molecule has 2 heterocycles. The van der Waals surface area contributed by atoms with Gasteiger partial charge in [-0.2, -0.15) is 0 Å². The molecule has 9 heteroatoms. The molecule has 0 bridgehead atoms. The van der Waals surface area contributed by atoms with Gasteiger partial charge < -0.3 is 5.32 Å². The Morgan fingerprint density at radius 1 is 1.09 bits per heavy atom. The van der Waals surface area contributed by atoms with Crippen LogP contribution < -0.4 is 9.88 Å². The highest BCUT2D eigenvalue weighted by atomic mass is 35.5. The highest BCUT2D eigenvalue weighted by molar-refractivity contribution is 6.00. The maximum absolute atomic E-state index is 13.8. The SMILES string of the molecule is Cl.O=C(CCn1cc[n+](CC(=O)c2ccc(F)cc2F)c1)Nc1cccc2cccnc12. The van der Waals surface area contributed by atoms with Crippen LogP contribution in [0, 0.1) is 11.6 Å². The van der Waals surface area contributed by atoms with E-state index in [1.807, 2.05) is 24.3 Å². The molecule has 0 saturated heterocycles. The minimum Gasteiger partial charge on any atom is -0.324 e. The first-order valence-corrected chi connectivity index (χ1v) is 9.66. The van der Waals surface area contributed by atoms with Gasteiger partial charge in [0.15, 0.2) is 6.54 Å². The van der Waals surface area contributed by atoms with Crippen molar-refractivity contribution in [2.75, 3.05) is 5.32 Å². The summed E-state index contributed by atoms with van der Waals surface area (Å²) in [4.78, 5) is 29.0. The lowest BCUT2D eigenvalue weighted by atomic mass is 10.1. The van der Waals surface area contributed by atoms with Crippen molar-refractivity contribution < 1.29 is 22.9 Å². The molecule has 4 aromatic rings. The summed E-state index contributed by atoms with van der Waals surface area (Å²) in [6.07, 6.45) is 6.94. The van der Waals surface area contributed by atoms with Crippen LogP contribution in [-0.4, -0.2) is 21.2 Å². The summed E-state index contributed by atoms with van der Waals surface area (Å²) in [6, 6.07) is 12.2. The number of rotatable bonds is 7. The molecule has 0 saturated carbocycles. The van der Waals surface area contributed by atoms with Gasteiger partial charge >= 0.3 is 0 Å². The summed E-state index contributed by atoms with van der Waals surface area (Å²) in [5.74, 6) is -2.25. The number of pyridine rings is 1. The van der Waals surface area contributed by atoms with Crippen molar-refractivity contribution in [3.05, 3.63) is 90.6 Å². The third-order valence-corrected chi connectivity index (χ3v) is 4.81. The fourth-order valence-electron chi connectivity index (χ4n) is 3.28. The lowest BCUT2D eigenvalue weighted by Gasteiger charge is -2.07. The van der Waals surface area contributed by atoms with E-state index in [0.717, 1.165) is 23.0 Å². The van der Waals surface area contributed by atoms with E-state index < -0.39 is 17.4 Å². The smallest absolute Gasteiger partial charge is 0.244 e. The van der Waals surface area contributed by atoms with Gasteiger partial charge in [0.1, 0.15) is 24.0 Å². The molecular weight excluding hydrogens is 438 g/mol. The number of carbonyl (C=O) groups excluding carboxylic acids is 2. The number of fused-ring (bicyclic) bond motifs is 1. The molecule has 6 nitrogen and oxygen atoms in total. The van der Waals surface area contributed by atoms with Crippen molar-refractivity contribution in [2.45, 2.75) is 19.5 Å². The summed E-state index contributed by atoms with van der Waals surface area (Å²) < 4.78 is 30.1. The van der Waals surface area contributed by atoms with Crippen LogP contribution in [0.3, 0.4) is 0 Å². The Hall–Kier alpha value is -3.65. The number of anilines is 1. The number of para-hydroxylation sites is 1. The molecule has 0 spiro atoms. The number of hydrogen-bond acceptors (Lipinski definition) is 3. The first-order chi connectivity index (χ1) is 15.0. The van der Waals surface area contributed by atoms with Crippen molar-refractivity contribution in [1.29, 1.82) is 0 Å². The average Bonchev–Trinajstić information content (AvgIpc) is 3.20. The second-order valence-corrected chi connectivity index (χ2v) is 7.05. The Bertz CT molecular complexity index is 1270. The second kappa shape index (κ2) is 10.1. The molecule has 2 aromatic carbocycles. The van der Waals surface area contributed by atoms with Gasteiger partial charge in [-0.15, -0.1) is 12.4 Å². The number of Topliss-reactive ketones (excluding diaryl/α,β-unsaturated/α-hetero) is 1. The van der Waals surface area contributed by atoms with Gasteiger partial charge in [-0.25, -0.2) is 17.9 Å². The normalized spacial score (nSPS) is 10.6. The number of nitrogens with one attached hydrogen (secondary N) is 1. The van der Waals surface area contributed by atoms with E-state index in [2.05, 4.69) is 10.3 Å². The van der Waals surface area contributed by atoms with Gasteiger partial charge in [0.2, 0.25) is 18.0 Å². The molecule has 1 N–H and O–H groups in total. The van der Waals surface area contributed by atoms with E-state index in [4.69, 9.17) is 0 Å². The Labute approximate surface area is 188 Å². The first-order valence-electron chi connectivity index (χ1n) is 9.66. The lowest BCUT2D eigenvalue weighted by Crippen LogP contribution is -2.36. The molecule has 4 rings (SSSR count). The van der Waals surface area contributed by atoms with Crippen molar-refractivity contribution in [2.24, 2.45) is 0 Å². The van der Waals surface area contributed by atoms with E-state index >= 15 is 0 Å². The molecular formula is C23H20ClF2N4O2+. The van der Waals surface area contributed by atoms with Crippen molar-refractivity contribution in [1.82, 2.24) is 9.55 Å². The topological polar surface area (TPSA) is 67.9 Å². The van der Waals surface area contributed by atoms with Crippen LogP contribution in [0.15, 0.2) is 73.4 Å². The number of carbonyl (C=O) groups is 2. The molecule has 0 atom stereocenters. The minimum absolute atomic E-state index is 0. The van der Waals surface area contributed by atoms with Crippen molar-refractivity contribution in [3.63, 3.8) is 0 Å². The zero-order valence-corrected chi connectivity index (χ0v) is 17.7. The number of halogens is 3. The molecule has 2 aromatic heterocycles. The zero-order valence-electron chi connectivity index (χ0n) is 16.9. The Morgan fingerprint density at radius 3 is 2.72 bits per heavy atom. The van der Waals surface area contributed by atoms with Gasteiger partial charge in [0.05, 0.1) is 29.7 Å². The molecule has 164 valence electrons. The monoisotopic (exact) mass is 457 g/mol. The predicted molar refractivity (Wildman–Crippen MR) is 118 cm³/mol. The Kier molecular flexibility index (Phi) is 7.27. The van der Waals surface area contributed by atoms with Crippen LogP contribution in [0.2, 0.25) is 0 Å². The molecule has 0 fully saturated rings. The fourth-order valence-corrected chi connectivity index (χ4v) is 3.28. The van der Waals surface area contributed by atoms with E-state index in [1.54, 1.807) is 40.1 Å². The summed E-state index contributed by atoms with van der Waals surface area (Å²) in [6.45, 7) is 0.305. The maximum Gasteiger partial charge on any atom is 0.244 e. The number of hydrogen-bond donors (Lipinski definition) is 1. The third kappa shape index (κ3) is 5.33. The number of aryl methyl sites for hydroxylation is 1. The van der Waals surface area contributed by atoms with Gasteiger partial charge in [0, 0.05) is 17.6 Å². The van der Waals surface area contributed by atoms with Crippen LogP contribution >= 0.6 is 12.4 Å². The number of benzene rings is 2. The molecule has 0 aliphatic rings. The maximum atomic E-state index is 13.8. The number of aromatic nitrogens is 3. The van der Waals surface area contributed by atoms with Gasteiger partial charge in [-0.3, -0.25) is 14.6 Å². The van der Waals surface area contributed by atoms with Crippen LogP contribution in [0.5, 0.6) is 0 Å². The number of imidazole rings is 1. The van der Waals surface area contributed by atoms with Crippen molar-refractivity contribution in [3.8, 4) is 0 Å². The highest BCUT2D eigenvalue weighted by Crippen LogP contribution is 2.20. The lowest BCUT2D eigenvalue weighted by molar-refractivity contribution is -0.682. The minimum atomic E-state index is -0.885. The van der Waals surface area contributed by atoms with E-state index in [9.17, 15) is 18.4 Å². The molecule has 0 aliphatic heterocycles. The van der Waals surface area contributed by atoms with Gasteiger partial charge in [-0.1, -0.05) is 18.2 Å². The highest BCUT2D eigenvalue weighted by Gasteiger charge is 2.16. The Morgan fingerprint density at radius 2 is 1.91 bits per heavy atom. The molecule has 0 unspecified atom stereocenters. The summed E-state index contributed by atoms with van der Waals surface area (Å²) in [5.41, 5.74) is 1.21. The fraction of sp³-hybridized carbons (Fsp3) is 0.130. The van der Waals surface area contributed by atoms with E-state index in [0.29, 0.717) is 18.3 Å². The molecule has 32 heavy (non-hydrogen) atoms. The molecule has 1 amide bonds. The summed E-state index contributed by atoms with van der Waals surface area (Å²) >= 11 is 0. The zero-order chi connectivity index (χ0) is 21.8. The number of ketones is 1. The van der Waals surface area contributed by atoms with Crippen LogP contribution in [0.25, 0.3) is 10.9 Å². The molecule has 0 radical (unpaired) electrons.